The van der Waals surface area contributed by atoms with E-state index in [-0.39, 0.29) is 6.04 Å². The van der Waals surface area contributed by atoms with E-state index in [4.69, 9.17) is 4.42 Å². The van der Waals surface area contributed by atoms with Crippen LogP contribution in [0, 0.1) is 13.8 Å². The van der Waals surface area contributed by atoms with Gasteiger partial charge in [-0.05, 0) is 38.9 Å². The number of aromatic nitrogens is 2. The second-order valence-electron chi connectivity index (χ2n) is 4.67. The number of rotatable bonds is 5. The first kappa shape index (κ1) is 13.5. The lowest BCUT2D eigenvalue weighted by Gasteiger charge is -2.07. The summed E-state index contributed by atoms with van der Waals surface area (Å²) in [4.78, 5) is 0. The molecule has 2 rings (SSSR count). The van der Waals surface area contributed by atoms with E-state index in [0.717, 1.165) is 17.8 Å². The molecule has 0 aliphatic rings. The van der Waals surface area contributed by atoms with Crippen LogP contribution in [0.2, 0.25) is 0 Å². The number of benzene rings is 1. The van der Waals surface area contributed by atoms with Crippen LogP contribution in [0.15, 0.2) is 22.6 Å². The molecule has 102 valence electrons. The van der Waals surface area contributed by atoms with Crippen LogP contribution in [0.3, 0.4) is 0 Å². The molecule has 1 aromatic carbocycles. The zero-order valence-corrected chi connectivity index (χ0v) is 11.8. The molecule has 0 saturated carbocycles. The van der Waals surface area contributed by atoms with Gasteiger partial charge in [-0.2, -0.15) is 0 Å². The molecule has 0 aliphatic carbocycles. The smallest absolute Gasteiger partial charge is 0.320 e. The molecule has 1 aromatic heterocycles. The molecule has 1 unspecified atom stereocenters. The van der Waals surface area contributed by atoms with Crippen molar-refractivity contribution in [2.24, 2.45) is 0 Å². The number of nitrogens with zero attached hydrogens (tertiary/aromatic N) is 2. The van der Waals surface area contributed by atoms with Crippen molar-refractivity contribution in [2.75, 3.05) is 11.9 Å². The number of anilines is 2. The van der Waals surface area contributed by atoms with Gasteiger partial charge in [0.05, 0.1) is 6.04 Å². The summed E-state index contributed by atoms with van der Waals surface area (Å²) in [5.41, 5.74) is 3.37. The van der Waals surface area contributed by atoms with Crippen molar-refractivity contribution in [2.45, 2.75) is 33.7 Å². The van der Waals surface area contributed by atoms with Gasteiger partial charge < -0.3 is 15.1 Å². The number of aryl methyl sites for hydroxylation is 2. The molecule has 0 amide bonds. The molecular weight excluding hydrogens is 240 g/mol. The molecule has 2 N–H and O–H groups in total. The van der Waals surface area contributed by atoms with E-state index < -0.39 is 0 Å². The highest BCUT2D eigenvalue weighted by Crippen LogP contribution is 2.21. The first-order valence-corrected chi connectivity index (χ1v) is 6.51. The average Bonchev–Trinajstić information content (AvgIpc) is 2.82. The second-order valence-corrected chi connectivity index (χ2v) is 4.67. The van der Waals surface area contributed by atoms with Crippen LogP contribution in [-0.4, -0.2) is 16.7 Å². The molecule has 0 fully saturated rings. The monoisotopic (exact) mass is 260 g/mol. The Bertz CT molecular complexity index is 550. The Kier molecular flexibility index (Phi) is 4.16. The quantitative estimate of drug-likeness (QED) is 0.865. The third kappa shape index (κ3) is 3.32. The van der Waals surface area contributed by atoms with E-state index in [1.807, 2.05) is 32.9 Å². The second kappa shape index (κ2) is 5.84. The minimum Gasteiger partial charge on any atom is -0.406 e. The Hall–Kier alpha value is -1.88. The minimum absolute atomic E-state index is 0.0622. The van der Waals surface area contributed by atoms with Crippen LogP contribution in [-0.2, 0) is 0 Å². The highest BCUT2D eigenvalue weighted by molar-refractivity contribution is 5.57. The van der Waals surface area contributed by atoms with E-state index in [1.165, 1.54) is 5.56 Å². The van der Waals surface area contributed by atoms with Gasteiger partial charge in [-0.3, -0.25) is 0 Å². The molecule has 1 atom stereocenters. The summed E-state index contributed by atoms with van der Waals surface area (Å²) in [6, 6.07) is 6.66. The van der Waals surface area contributed by atoms with Gasteiger partial charge in [-0.25, -0.2) is 0 Å². The Labute approximate surface area is 113 Å². The van der Waals surface area contributed by atoms with Crippen molar-refractivity contribution in [3.8, 4) is 0 Å². The van der Waals surface area contributed by atoms with Crippen molar-refractivity contribution in [1.29, 1.82) is 0 Å². The van der Waals surface area contributed by atoms with Crippen LogP contribution in [0.1, 0.15) is 36.9 Å². The first-order chi connectivity index (χ1) is 9.10. The molecule has 0 aliphatic heterocycles. The summed E-state index contributed by atoms with van der Waals surface area (Å²) in [6.07, 6.45) is 0. The summed E-state index contributed by atoms with van der Waals surface area (Å²) in [5.74, 6) is 0.592. The maximum atomic E-state index is 5.59. The van der Waals surface area contributed by atoms with Crippen LogP contribution in [0.25, 0.3) is 0 Å². The van der Waals surface area contributed by atoms with Crippen molar-refractivity contribution < 1.29 is 4.42 Å². The first-order valence-electron chi connectivity index (χ1n) is 6.51. The summed E-state index contributed by atoms with van der Waals surface area (Å²) >= 11 is 0. The highest BCUT2D eigenvalue weighted by Gasteiger charge is 2.13. The maximum absolute atomic E-state index is 5.59. The minimum atomic E-state index is 0.0622. The summed E-state index contributed by atoms with van der Waals surface area (Å²) in [7, 11) is 0. The predicted octanol–water partition coefficient (Wildman–Crippen LogP) is 3.10. The molecule has 5 nitrogen and oxygen atoms in total. The topological polar surface area (TPSA) is 63.0 Å². The number of nitrogens with one attached hydrogen (secondary N) is 2. The van der Waals surface area contributed by atoms with Crippen LogP contribution in [0.5, 0.6) is 0 Å². The fourth-order valence-electron chi connectivity index (χ4n) is 1.92. The summed E-state index contributed by atoms with van der Waals surface area (Å²) < 4.78 is 5.59. The van der Waals surface area contributed by atoms with Crippen LogP contribution < -0.4 is 10.6 Å². The van der Waals surface area contributed by atoms with Crippen molar-refractivity contribution in [3.63, 3.8) is 0 Å². The van der Waals surface area contributed by atoms with Gasteiger partial charge in [0.25, 0.3) is 0 Å². The van der Waals surface area contributed by atoms with Crippen LogP contribution in [0.4, 0.5) is 11.7 Å². The van der Waals surface area contributed by atoms with E-state index in [2.05, 4.69) is 33.8 Å². The van der Waals surface area contributed by atoms with Gasteiger partial charge in [0.15, 0.2) is 0 Å². The zero-order chi connectivity index (χ0) is 13.8. The van der Waals surface area contributed by atoms with E-state index >= 15 is 0 Å². The lowest BCUT2D eigenvalue weighted by molar-refractivity contribution is 0.430. The molecule has 0 saturated heterocycles. The largest absolute Gasteiger partial charge is 0.406 e. The molecule has 0 bridgehead atoms. The summed E-state index contributed by atoms with van der Waals surface area (Å²) in [5, 5.41) is 14.4. The molecule has 1 heterocycles. The van der Waals surface area contributed by atoms with Crippen molar-refractivity contribution >= 4 is 11.7 Å². The third-order valence-corrected chi connectivity index (χ3v) is 2.94. The van der Waals surface area contributed by atoms with Crippen LogP contribution >= 0.6 is 0 Å². The maximum Gasteiger partial charge on any atom is 0.320 e. The summed E-state index contributed by atoms with van der Waals surface area (Å²) in [6.45, 7) is 9.02. The van der Waals surface area contributed by atoms with Crippen molar-refractivity contribution in [1.82, 2.24) is 15.5 Å². The Morgan fingerprint density at radius 3 is 2.74 bits per heavy atom. The molecule has 0 radical (unpaired) electrons. The standard InChI is InChI=1S/C14H20N4O/c1-5-15-11(4)13-17-18-14(19-13)16-12-7-6-9(2)8-10(12)3/h6-8,11,15H,5H2,1-4H3,(H,16,18). The number of hydrogen-bond donors (Lipinski definition) is 2. The lowest BCUT2D eigenvalue weighted by atomic mass is 10.1. The molecule has 19 heavy (non-hydrogen) atoms. The van der Waals surface area contributed by atoms with Gasteiger partial charge in [0, 0.05) is 5.69 Å². The molecule has 5 heteroatoms. The Balaban J connectivity index is 2.11. The Morgan fingerprint density at radius 1 is 1.26 bits per heavy atom. The average molecular weight is 260 g/mol. The fourth-order valence-corrected chi connectivity index (χ4v) is 1.92. The van der Waals surface area contributed by atoms with Gasteiger partial charge >= 0.3 is 6.01 Å². The SMILES string of the molecule is CCNC(C)c1nnc(Nc2ccc(C)cc2C)o1. The molecule has 2 aromatic rings. The van der Waals surface area contributed by atoms with Gasteiger partial charge in [0.2, 0.25) is 5.89 Å². The third-order valence-electron chi connectivity index (χ3n) is 2.94. The fraction of sp³-hybridized carbons (Fsp3) is 0.429. The van der Waals surface area contributed by atoms with E-state index in [1.54, 1.807) is 0 Å². The Morgan fingerprint density at radius 2 is 2.05 bits per heavy atom. The van der Waals surface area contributed by atoms with Crippen molar-refractivity contribution in [3.05, 3.63) is 35.2 Å². The lowest BCUT2D eigenvalue weighted by Crippen LogP contribution is -2.17. The normalized spacial score (nSPS) is 12.4. The highest BCUT2D eigenvalue weighted by atomic mass is 16.4. The molecule has 0 spiro atoms. The van der Waals surface area contributed by atoms with Gasteiger partial charge in [0.1, 0.15) is 0 Å². The molecular formula is C14H20N4O. The van der Waals surface area contributed by atoms with Gasteiger partial charge in [-0.15, -0.1) is 5.10 Å². The number of hydrogen-bond acceptors (Lipinski definition) is 5. The van der Waals surface area contributed by atoms with E-state index in [9.17, 15) is 0 Å². The van der Waals surface area contributed by atoms with E-state index in [0.29, 0.717) is 11.9 Å². The predicted molar refractivity (Wildman–Crippen MR) is 75.6 cm³/mol. The zero-order valence-electron chi connectivity index (χ0n) is 11.8. The van der Waals surface area contributed by atoms with Gasteiger partial charge in [-0.1, -0.05) is 29.7 Å².